The average molecular weight is 419 g/mol. The number of aromatic nitrogens is 1. The van der Waals surface area contributed by atoms with Crippen LogP contribution in [0, 0.1) is 6.92 Å². The zero-order valence-electron chi connectivity index (χ0n) is 17.1. The first kappa shape index (κ1) is 20.2. The van der Waals surface area contributed by atoms with Gasteiger partial charge in [-0.3, -0.25) is 20.2 Å². The van der Waals surface area contributed by atoms with Crippen LogP contribution in [-0.2, 0) is 16.1 Å². The molecule has 0 saturated carbocycles. The van der Waals surface area contributed by atoms with E-state index in [1.54, 1.807) is 7.11 Å². The topological polar surface area (TPSA) is 98.7 Å². The standard InChI is InChI=1S/C23H21N3O5/c1-14-18(13-19-21(27)24-23(29)25-22(19)28)17-8-3-4-9-20(17)26(14)10-11-31-16-7-5-6-15(12-16)30-2/h3-9,12-13H,10-11H2,1-2H3,(H2,24,25,27,28,29). The molecule has 0 unspecified atom stereocenters. The summed E-state index contributed by atoms with van der Waals surface area (Å²) in [6.07, 6.45) is 1.52. The molecule has 0 bridgehead atoms. The number of hydrogen-bond donors (Lipinski definition) is 2. The summed E-state index contributed by atoms with van der Waals surface area (Å²) >= 11 is 0. The van der Waals surface area contributed by atoms with E-state index in [4.69, 9.17) is 9.47 Å². The van der Waals surface area contributed by atoms with Crippen molar-refractivity contribution in [1.29, 1.82) is 0 Å². The molecule has 1 aromatic heterocycles. The smallest absolute Gasteiger partial charge is 0.328 e. The number of nitrogens with zero attached hydrogens (tertiary/aromatic N) is 1. The van der Waals surface area contributed by atoms with Gasteiger partial charge in [-0.25, -0.2) is 4.79 Å². The molecule has 158 valence electrons. The van der Waals surface area contributed by atoms with Crippen molar-refractivity contribution in [2.45, 2.75) is 13.5 Å². The summed E-state index contributed by atoms with van der Waals surface area (Å²) in [6, 6.07) is 14.3. The third-order valence-electron chi connectivity index (χ3n) is 5.14. The van der Waals surface area contributed by atoms with E-state index < -0.39 is 17.8 Å². The Morgan fingerprint density at radius 3 is 2.42 bits per heavy atom. The Balaban J connectivity index is 1.64. The number of imide groups is 2. The van der Waals surface area contributed by atoms with Gasteiger partial charge >= 0.3 is 6.03 Å². The minimum atomic E-state index is -0.819. The Hall–Kier alpha value is -4.07. The molecule has 4 rings (SSSR count). The van der Waals surface area contributed by atoms with Gasteiger partial charge in [-0.2, -0.15) is 0 Å². The Bertz CT molecular complexity index is 1200. The number of amides is 4. The number of nitrogens with one attached hydrogen (secondary N) is 2. The summed E-state index contributed by atoms with van der Waals surface area (Å²) in [4.78, 5) is 35.6. The normalized spacial score (nSPS) is 13.7. The fourth-order valence-corrected chi connectivity index (χ4v) is 3.62. The summed E-state index contributed by atoms with van der Waals surface area (Å²) in [6.45, 7) is 2.89. The van der Waals surface area contributed by atoms with Crippen molar-refractivity contribution in [1.82, 2.24) is 15.2 Å². The van der Waals surface area contributed by atoms with Crippen LogP contribution in [0.4, 0.5) is 4.79 Å². The first-order valence-corrected chi connectivity index (χ1v) is 9.71. The number of ether oxygens (including phenoxy) is 2. The van der Waals surface area contributed by atoms with E-state index in [0.717, 1.165) is 27.9 Å². The first-order valence-electron chi connectivity index (χ1n) is 9.71. The van der Waals surface area contributed by atoms with Gasteiger partial charge in [0.15, 0.2) is 0 Å². The fraction of sp³-hybridized carbons (Fsp3) is 0.174. The molecule has 1 aliphatic heterocycles. The van der Waals surface area contributed by atoms with Crippen LogP contribution in [-0.4, -0.2) is 36.1 Å². The van der Waals surface area contributed by atoms with Gasteiger partial charge in [-0.1, -0.05) is 24.3 Å². The first-order chi connectivity index (χ1) is 15.0. The van der Waals surface area contributed by atoms with E-state index in [-0.39, 0.29) is 5.57 Å². The highest BCUT2D eigenvalue weighted by Gasteiger charge is 2.28. The molecule has 1 saturated heterocycles. The lowest BCUT2D eigenvalue weighted by atomic mass is 10.1. The molecule has 1 aliphatic rings. The van der Waals surface area contributed by atoms with Crippen LogP contribution in [0.1, 0.15) is 11.3 Å². The maximum absolute atomic E-state index is 12.2. The molecular weight excluding hydrogens is 398 g/mol. The van der Waals surface area contributed by atoms with Crippen LogP contribution >= 0.6 is 0 Å². The third-order valence-corrected chi connectivity index (χ3v) is 5.14. The highest BCUT2D eigenvalue weighted by Crippen LogP contribution is 2.28. The summed E-state index contributed by atoms with van der Waals surface area (Å²) in [7, 11) is 1.60. The lowest BCUT2D eigenvalue weighted by molar-refractivity contribution is -0.123. The van der Waals surface area contributed by atoms with E-state index in [2.05, 4.69) is 15.2 Å². The van der Waals surface area contributed by atoms with Crippen molar-refractivity contribution >= 4 is 34.8 Å². The van der Waals surface area contributed by atoms with Gasteiger partial charge in [0.1, 0.15) is 23.7 Å². The molecule has 0 aliphatic carbocycles. The molecule has 2 aromatic carbocycles. The number of urea groups is 1. The Morgan fingerprint density at radius 1 is 0.968 bits per heavy atom. The van der Waals surface area contributed by atoms with Gasteiger partial charge in [-0.05, 0) is 31.2 Å². The minimum Gasteiger partial charge on any atom is -0.497 e. The van der Waals surface area contributed by atoms with Crippen molar-refractivity contribution in [3.8, 4) is 11.5 Å². The van der Waals surface area contributed by atoms with Crippen LogP contribution in [0.3, 0.4) is 0 Å². The predicted octanol–water partition coefficient (Wildman–Crippen LogP) is 2.79. The molecule has 0 atom stereocenters. The second-order valence-corrected chi connectivity index (χ2v) is 6.99. The number of carbonyl (C=O) groups excluding carboxylic acids is 3. The summed E-state index contributed by atoms with van der Waals surface area (Å²) in [5.74, 6) is -0.00905. The molecule has 3 aromatic rings. The number of fused-ring (bicyclic) bond motifs is 1. The molecule has 0 radical (unpaired) electrons. The van der Waals surface area contributed by atoms with E-state index in [0.29, 0.717) is 18.9 Å². The van der Waals surface area contributed by atoms with E-state index in [9.17, 15) is 14.4 Å². The minimum absolute atomic E-state index is 0.113. The highest BCUT2D eigenvalue weighted by atomic mass is 16.5. The summed E-state index contributed by atoms with van der Waals surface area (Å²) < 4.78 is 13.2. The van der Waals surface area contributed by atoms with Gasteiger partial charge in [0, 0.05) is 28.2 Å². The van der Waals surface area contributed by atoms with Crippen molar-refractivity contribution in [3.05, 3.63) is 65.4 Å². The van der Waals surface area contributed by atoms with E-state index in [1.165, 1.54) is 6.08 Å². The number of benzene rings is 2. The predicted molar refractivity (Wildman–Crippen MR) is 115 cm³/mol. The van der Waals surface area contributed by atoms with Crippen LogP contribution in [0.25, 0.3) is 17.0 Å². The molecule has 4 amide bonds. The lowest BCUT2D eigenvalue weighted by Crippen LogP contribution is -2.51. The number of rotatable bonds is 6. The van der Waals surface area contributed by atoms with Crippen LogP contribution in [0.5, 0.6) is 11.5 Å². The largest absolute Gasteiger partial charge is 0.497 e. The van der Waals surface area contributed by atoms with Gasteiger partial charge in [0.05, 0.1) is 13.7 Å². The SMILES string of the molecule is COc1cccc(OCCn2c(C)c(C=C3C(=O)NC(=O)NC3=O)c3ccccc32)c1. The number of barbiturate groups is 1. The van der Waals surface area contributed by atoms with Gasteiger partial charge in [0.2, 0.25) is 0 Å². The molecule has 8 nitrogen and oxygen atoms in total. The van der Waals surface area contributed by atoms with Gasteiger partial charge in [-0.15, -0.1) is 0 Å². The lowest BCUT2D eigenvalue weighted by Gasteiger charge is -2.14. The number of hydrogen-bond acceptors (Lipinski definition) is 5. The number of carbonyl (C=O) groups is 3. The molecule has 2 N–H and O–H groups in total. The van der Waals surface area contributed by atoms with Crippen molar-refractivity contribution < 1.29 is 23.9 Å². The quantitative estimate of drug-likeness (QED) is 0.473. The number of methoxy groups -OCH3 is 1. The second-order valence-electron chi connectivity index (χ2n) is 6.99. The van der Waals surface area contributed by atoms with Crippen molar-refractivity contribution in [2.75, 3.05) is 13.7 Å². The van der Waals surface area contributed by atoms with Crippen LogP contribution < -0.4 is 20.1 Å². The Morgan fingerprint density at radius 2 is 1.68 bits per heavy atom. The van der Waals surface area contributed by atoms with Crippen LogP contribution in [0.15, 0.2) is 54.1 Å². The molecule has 0 spiro atoms. The maximum Gasteiger partial charge on any atom is 0.328 e. The molecule has 31 heavy (non-hydrogen) atoms. The van der Waals surface area contributed by atoms with Gasteiger partial charge in [0.25, 0.3) is 11.8 Å². The number of para-hydroxylation sites is 1. The summed E-state index contributed by atoms with van der Waals surface area (Å²) in [5.41, 5.74) is 2.46. The Labute approximate surface area is 178 Å². The Kier molecular flexibility index (Phi) is 5.44. The molecule has 8 heteroatoms. The van der Waals surface area contributed by atoms with E-state index in [1.807, 2.05) is 55.5 Å². The van der Waals surface area contributed by atoms with Gasteiger partial charge < -0.3 is 14.0 Å². The molecule has 2 heterocycles. The zero-order valence-corrected chi connectivity index (χ0v) is 17.1. The average Bonchev–Trinajstić information content (AvgIpc) is 3.02. The fourth-order valence-electron chi connectivity index (χ4n) is 3.62. The van der Waals surface area contributed by atoms with Crippen molar-refractivity contribution in [2.24, 2.45) is 0 Å². The zero-order chi connectivity index (χ0) is 22.0. The molecular formula is C23H21N3O5. The highest BCUT2D eigenvalue weighted by molar-refractivity contribution is 6.31. The molecule has 1 fully saturated rings. The van der Waals surface area contributed by atoms with Crippen LogP contribution in [0.2, 0.25) is 0 Å². The third kappa shape index (κ3) is 4.00. The summed E-state index contributed by atoms with van der Waals surface area (Å²) in [5, 5.41) is 5.10. The monoisotopic (exact) mass is 419 g/mol. The second kappa shape index (κ2) is 8.35. The maximum atomic E-state index is 12.2. The van der Waals surface area contributed by atoms with E-state index >= 15 is 0 Å². The van der Waals surface area contributed by atoms with Crippen molar-refractivity contribution in [3.63, 3.8) is 0 Å².